The highest BCUT2D eigenvalue weighted by molar-refractivity contribution is 5.99. The highest BCUT2D eigenvalue weighted by Crippen LogP contribution is 2.29. The van der Waals surface area contributed by atoms with Gasteiger partial charge in [0.25, 0.3) is 12.4 Å². The number of alkyl halides is 1. The predicted octanol–water partition coefficient (Wildman–Crippen LogP) is 4.06. The molecule has 1 N–H and O–H groups in total. The number of hydrogen-bond acceptors (Lipinski definition) is 3. The number of carbonyl (C=O) groups is 2. The van der Waals surface area contributed by atoms with E-state index in [0.29, 0.717) is 5.56 Å². The van der Waals surface area contributed by atoms with Gasteiger partial charge in [0, 0.05) is 12.1 Å². The molecule has 156 valence electrons. The molecule has 1 saturated heterocycles. The van der Waals surface area contributed by atoms with Gasteiger partial charge in [-0.1, -0.05) is 42.5 Å². The largest absolute Gasteiger partial charge is 0.483 e. The lowest BCUT2D eigenvalue weighted by Gasteiger charge is -2.34. The van der Waals surface area contributed by atoms with Crippen molar-refractivity contribution < 1.29 is 19.1 Å². The van der Waals surface area contributed by atoms with Gasteiger partial charge >= 0.3 is 0 Å². The van der Waals surface area contributed by atoms with Crippen molar-refractivity contribution in [3.63, 3.8) is 0 Å². The van der Waals surface area contributed by atoms with Gasteiger partial charge in [-0.15, -0.1) is 0 Å². The Balaban J connectivity index is 0.000000806. The SMILES string of the molecule is CN(C)Cc1ccccc1-c1ccc2cc(C(=O)N3CC(F)C3)ccc2c1.O=CO. The zero-order valence-electron chi connectivity index (χ0n) is 17.1. The van der Waals surface area contributed by atoms with Gasteiger partial charge < -0.3 is 14.9 Å². The molecule has 3 aromatic carbocycles. The monoisotopic (exact) mass is 408 g/mol. The second kappa shape index (κ2) is 9.50. The van der Waals surface area contributed by atoms with Gasteiger partial charge in [0.2, 0.25) is 0 Å². The first kappa shape index (κ1) is 21.5. The average Bonchev–Trinajstić information content (AvgIpc) is 2.71. The highest BCUT2D eigenvalue weighted by atomic mass is 19.1. The van der Waals surface area contributed by atoms with Crippen molar-refractivity contribution in [3.8, 4) is 11.1 Å². The number of carbonyl (C=O) groups excluding carboxylic acids is 1. The third kappa shape index (κ3) is 4.83. The molecule has 0 bridgehead atoms. The van der Waals surface area contributed by atoms with Crippen molar-refractivity contribution >= 4 is 23.2 Å². The molecule has 3 aromatic rings. The molecule has 30 heavy (non-hydrogen) atoms. The molecule has 0 saturated carbocycles. The van der Waals surface area contributed by atoms with Gasteiger partial charge in [0.1, 0.15) is 6.17 Å². The fraction of sp³-hybridized carbons (Fsp3) is 0.250. The Kier molecular flexibility index (Phi) is 6.79. The molecule has 0 aromatic heterocycles. The summed E-state index contributed by atoms with van der Waals surface area (Å²) in [5, 5.41) is 9.00. The Hall–Kier alpha value is -3.25. The lowest BCUT2D eigenvalue weighted by molar-refractivity contribution is -0.122. The second-order valence-corrected chi connectivity index (χ2v) is 7.58. The first-order valence-electron chi connectivity index (χ1n) is 9.71. The summed E-state index contributed by atoms with van der Waals surface area (Å²) in [5.41, 5.74) is 4.30. The van der Waals surface area contributed by atoms with Crippen LogP contribution in [0.4, 0.5) is 4.39 Å². The Morgan fingerprint density at radius 2 is 1.73 bits per heavy atom. The molecule has 4 rings (SSSR count). The van der Waals surface area contributed by atoms with E-state index in [1.165, 1.54) is 16.7 Å². The van der Waals surface area contributed by atoms with E-state index in [0.717, 1.165) is 17.3 Å². The summed E-state index contributed by atoms with van der Waals surface area (Å²) >= 11 is 0. The molecule has 1 heterocycles. The first-order valence-corrected chi connectivity index (χ1v) is 9.71. The maximum Gasteiger partial charge on any atom is 0.290 e. The Bertz CT molecular complexity index is 1050. The number of nitrogens with zero attached hydrogens (tertiary/aromatic N) is 2. The van der Waals surface area contributed by atoms with Gasteiger partial charge in [-0.25, -0.2) is 4.39 Å². The minimum atomic E-state index is -0.876. The van der Waals surface area contributed by atoms with Crippen LogP contribution in [0, 0.1) is 0 Å². The van der Waals surface area contributed by atoms with E-state index in [9.17, 15) is 9.18 Å². The van der Waals surface area contributed by atoms with Gasteiger partial charge in [0.15, 0.2) is 0 Å². The third-order valence-corrected chi connectivity index (χ3v) is 5.03. The van der Waals surface area contributed by atoms with Crippen LogP contribution in [0.2, 0.25) is 0 Å². The van der Waals surface area contributed by atoms with Crippen LogP contribution in [0.25, 0.3) is 21.9 Å². The lowest BCUT2D eigenvalue weighted by atomic mass is 9.96. The van der Waals surface area contributed by atoms with Gasteiger partial charge in [-0.2, -0.15) is 0 Å². The molecular weight excluding hydrogens is 383 g/mol. The van der Waals surface area contributed by atoms with E-state index >= 15 is 0 Å². The summed E-state index contributed by atoms with van der Waals surface area (Å²) in [5.74, 6) is -0.0915. The number of hydrogen-bond donors (Lipinski definition) is 1. The lowest BCUT2D eigenvalue weighted by Crippen LogP contribution is -2.51. The number of rotatable bonds is 4. The van der Waals surface area contributed by atoms with Crippen LogP contribution in [0.15, 0.2) is 60.7 Å². The van der Waals surface area contributed by atoms with Crippen molar-refractivity contribution in [3.05, 3.63) is 71.8 Å². The number of fused-ring (bicyclic) bond motifs is 1. The van der Waals surface area contributed by atoms with Crippen LogP contribution < -0.4 is 0 Å². The van der Waals surface area contributed by atoms with Crippen molar-refractivity contribution in [1.82, 2.24) is 9.80 Å². The third-order valence-electron chi connectivity index (χ3n) is 5.03. The Morgan fingerprint density at radius 1 is 1.10 bits per heavy atom. The molecule has 5 nitrogen and oxygen atoms in total. The number of halogens is 1. The van der Waals surface area contributed by atoms with Crippen LogP contribution in [0.1, 0.15) is 15.9 Å². The van der Waals surface area contributed by atoms with E-state index in [1.807, 2.05) is 18.2 Å². The van der Waals surface area contributed by atoms with E-state index in [-0.39, 0.29) is 25.5 Å². The van der Waals surface area contributed by atoms with E-state index in [1.54, 1.807) is 4.90 Å². The van der Waals surface area contributed by atoms with Gasteiger partial charge in [0.05, 0.1) is 13.1 Å². The van der Waals surface area contributed by atoms with Crippen LogP contribution >= 0.6 is 0 Å². The van der Waals surface area contributed by atoms with Crippen molar-refractivity contribution in [2.45, 2.75) is 12.7 Å². The summed E-state index contributed by atoms with van der Waals surface area (Å²) in [6, 6.07) is 20.5. The minimum absolute atomic E-state index is 0.0915. The molecule has 0 aliphatic carbocycles. The minimum Gasteiger partial charge on any atom is -0.483 e. The molecule has 1 aliphatic heterocycles. The predicted molar refractivity (Wildman–Crippen MR) is 116 cm³/mol. The normalized spacial score (nSPS) is 13.5. The number of likely N-dealkylation sites (tertiary alicyclic amines) is 1. The van der Waals surface area contributed by atoms with E-state index in [4.69, 9.17) is 9.90 Å². The standard InChI is InChI=1S/C23H23FN2O.CH2O2/c1-25(2)13-20-5-3-4-6-22(20)18-9-7-17-12-19(10-8-16(17)11-18)23(27)26-14-21(24)15-26;2-1-3/h3-12,21H,13-15H2,1-2H3;1H,(H,2,3). The number of amides is 1. The zero-order chi connectivity index (χ0) is 21.7. The van der Waals surface area contributed by atoms with Crippen molar-refractivity contribution in [1.29, 1.82) is 0 Å². The molecular formula is C24H25FN2O3. The molecule has 6 heteroatoms. The molecule has 1 amide bonds. The van der Waals surface area contributed by atoms with E-state index in [2.05, 4.69) is 61.5 Å². The van der Waals surface area contributed by atoms with Crippen LogP contribution in [0.3, 0.4) is 0 Å². The molecule has 0 atom stereocenters. The quantitative estimate of drug-likeness (QED) is 0.662. The molecule has 0 unspecified atom stereocenters. The summed E-state index contributed by atoms with van der Waals surface area (Å²) in [7, 11) is 4.14. The topological polar surface area (TPSA) is 60.9 Å². The molecule has 1 aliphatic rings. The molecule has 1 fully saturated rings. The van der Waals surface area contributed by atoms with Gasteiger partial charge in [-0.05, 0) is 59.8 Å². The number of benzene rings is 3. The van der Waals surface area contributed by atoms with Crippen LogP contribution in [0.5, 0.6) is 0 Å². The summed E-state index contributed by atoms with van der Waals surface area (Å²) in [6.07, 6.45) is -0.876. The molecule has 0 spiro atoms. The summed E-state index contributed by atoms with van der Waals surface area (Å²) in [6.45, 7) is 1.05. The summed E-state index contributed by atoms with van der Waals surface area (Å²) < 4.78 is 13.0. The maximum absolute atomic E-state index is 13.0. The van der Waals surface area contributed by atoms with Crippen LogP contribution in [-0.2, 0) is 11.3 Å². The van der Waals surface area contributed by atoms with Gasteiger partial charge in [-0.3, -0.25) is 9.59 Å². The van der Waals surface area contributed by atoms with Crippen LogP contribution in [-0.4, -0.2) is 60.6 Å². The number of carboxylic acid groups (broad SMARTS) is 1. The zero-order valence-corrected chi connectivity index (χ0v) is 17.1. The van der Waals surface area contributed by atoms with E-state index < -0.39 is 6.17 Å². The first-order chi connectivity index (χ1) is 14.4. The smallest absolute Gasteiger partial charge is 0.290 e. The average molecular weight is 408 g/mol. The summed E-state index contributed by atoms with van der Waals surface area (Å²) in [4.78, 5) is 24.5. The fourth-order valence-electron chi connectivity index (χ4n) is 3.60. The Morgan fingerprint density at radius 3 is 2.40 bits per heavy atom. The Labute approximate surface area is 175 Å². The van der Waals surface area contributed by atoms with Crippen molar-refractivity contribution in [2.24, 2.45) is 0 Å². The molecule has 0 radical (unpaired) electrons. The highest BCUT2D eigenvalue weighted by Gasteiger charge is 2.30. The maximum atomic E-state index is 13.0. The fourth-order valence-corrected chi connectivity index (χ4v) is 3.60. The second-order valence-electron chi connectivity index (χ2n) is 7.58. The van der Waals surface area contributed by atoms with Crippen molar-refractivity contribution in [2.75, 3.05) is 27.2 Å².